The van der Waals surface area contributed by atoms with Crippen molar-refractivity contribution in [2.45, 2.75) is 33.1 Å². The Balaban J connectivity index is 2.18. The first kappa shape index (κ1) is 14.3. The zero-order chi connectivity index (χ0) is 13.7. The summed E-state index contributed by atoms with van der Waals surface area (Å²) in [5.74, 6) is 1.26. The van der Waals surface area contributed by atoms with Gasteiger partial charge in [0.05, 0.1) is 12.3 Å². The number of fused-ring (bicyclic) bond motifs is 1. The summed E-state index contributed by atoms with van der Waals surface area (Å²) >= 11 is 3.49. The predicted molar refractivity (Wildman–Crippen MR) is 84.9 cm³/mol. The topological polar surface area (TPSA) is 21.6 Å². The molecule has 0 aromatic heterocycles. The van der Waals surface area contributed by atoms with Crippen molar-refractivity contribution in [2.75, 3.05) is 6.61 Å². The lowest BCUT2D eigenvalue weighted by Crippen LogP contribution is -1.97. The van der Waals surface area contributed by atoms with E-state index < -0.39 is 0 Å². The molecule has 0 saturated carbocycles. The molecular formula is C16H20BrNO. The molecule has 0 saturated heterocycles. The number of rotatable bonds is 5. The third-order valence-corrected chi connectivity index (χ3v) is 3.59. The van der Waals surface area contributed by atoms with Crippen molar-refractivity contribution >= 4 is 33.6 Å². The van der Waals surface area contributed by atoms with E-state index in [4.69, 9.17) is 4.74 Å². The molecule has 3 heteroatoms. The van der Waals surface area contributed by atoms with Gasteiger partial charge in [-0.1, -0.05) is 42.6 Å². The van der Waals surface area contributed by atoms with Crippen LogP contribution in [0.3, 0.4) is 0 Å². The third kappa shape index (κ3) is 3.93. The van der Waals surface area contributed by atoms with Crippen LogP contribution in [-0.4, -0.2) is 12.8 Å². The minimum absolute atomic E-state index is 0.298. The molecule has 1 aromatic rings. The molecule has 102 valence electrons. The number of benzene rings is 1. The summed E-state index contributed by atoms with van der Waals surface area (Å²) in [5, 5.41) is 0. The van der Waals surface area contributed by atoms with Crippen molar-refractivity contribution in [2.24, 2.45) is 10.9 Å². The summed E-state index contributed by atoms with van der Waals surface area (Å²) in [4.78, 5) is 4.54. The number of allylic oxidation sites excluding steroid dienone is 1. The van der Waals surface area contributed by atoms with Crippen molar-refractivity contribution in [3.8, 4) is 0 Å². The van der Waals surface area contributed by atoms with Crippen LogP contribution in [0.25, 0.3) is 5.76 Å². The van der Waals surface area contributed by atoms with Crippen molar-refractivity contribution in [3.05, 3.63) is 34.3 Å². The average Bonchev–Trinajstić information content (AvgIpc) is 2.54. The van der Waals surface area contributed by atoms with Gasteiger partial charge in [-0.15, -0.1) is 0 Å². The summed E-state index contributed by atoms with van der Waals surface area (Å²) in [5.41, 5.74) is 2.06. The number of ether oxygens (including phenoxy) is 1. The lowest BCUT2D eigenvalue weighted by atomic mass is 10.1. The summed E-state index contributed by atoms with van der Waals surface area (Å²) in [6, 6.07) is 6.14. The maximum absolute atomic E-state index is 5.97. The van der Waals surface area contributed by atoms with E-state index >= 15 is 0 Å². The molecule has 0 bridgehead atoms. The van der Waals surface area contributed by atoms with Gasteiger partial charge in [0.15, 0.2) is 0 Å². The fourth-order valence-corrected chi connectivity index (χ4v) is 2.40. The van der Waals surface area contributed by atoms with Crippen LogP contribution in [-0.2, 0) is 4.74 Å². The van der Waals surface area contributed by atoms with Gasteiger partial charge in [0.25, 0.3) is 0 Å². The van der Waals surface area contributed by atoms with E-state index in [-0.39, 0.29) is 0 Å². The Morgan fingerprint density at radius 1 is 1.32 bits per heavy atom. The van der Waals surface area contributed by atoms with Gasteiger partial charge in [-0.3, -0.25) is 4.99 Å². The molecule has 2 nitrogen and oxygen atoms in total. The van der Waals surface area contributed by atoms with Gasteiger partial charge in [-0.25, -0.2) is 0 Å². The van der Waals surface area contributed by atoms with E-state index in [0.717, 1.165) is 34.5 Å². The van der Waals surface area contributed by atoms with Gasteiger partial charge >= 0.3 is 0 Å². The second-order valence-corrected chi connectivity index (χ2v) is 5.80. The van der Waals surface area contributed by atoms with Crippen LogP contribution >= 0.6 is 15.9 Å². The van der Waals surface area contributed by atoms with E-state index in [2.05, 4.69) is 46.9 Å². The van der Waals surface area contributed by atoms with E-state index in [0.29, 0.717) is 5.92 Å². The Labute approximate surface area is 123 Å². The Bertz CT molecular complexity index is 494. The van der Waals surface area contributed by atoms with Crippen LogP contribution < -0.4 is 0 Å². The van der Waals surface area contributed by atoms with E-state index in [1.165, 1.54) is 12.8 Å². The molecule has 1 unspecified atom stereocenters. The maximum atomic E-state index is 5.97. The molecule has 1 aromatic carbocycles. The molecule has 1 heterocycles. The predicted octanol–water partition coefficient (Wildman–Crippen LogP) is 5.35. The molecule has 0 N–H and O–H groups in total. The number of hydrogen-bond donors (Lipinski definition) is 0. The molecule has 19 heavy (non-hydrogen) atoms. The smallest absolute Gasteiger partial charge is 0.125 e. The molecule has 1 aliphatic rings. The highest BCUT2D eigenvalue weighted by atomic mass is 79.9. The first-order valence-corrected chi connectivity index (χ1v) is 7.68. The Kier molecular flexibility index (Phi) is 5.20. The molecule has 0 spiro atoms. The summed E-state index contributed by atoms with van der Waals surface area (Å²) < 4.78 is 7.01. The largest absolute Gasteiger partial charge is 0.493 e. The quantitative estimate of drug-likeness (QED) is 0.670. The van der Waals surface area contributed by atoms with Gasteiger partial charge < -0.3 is 4.74 Å². The van der Waals surface area contributed by atoms with E-state index in [1.807, 2.05) is 18.3 Å². The van der Waals surface area contributed by atoms with Crippen LogP contribution in [0.4, 0.5) is 5.69 Å². The van der Waals surface area contributed by atoms with Crippen molar-refractivity contribution in [3.63, 3.8) is 0 Å². The van der Waals surface area contributed by atoms with Crippen LogP contribution in [0, 0.1) is 5.92 Å². The third-order valence-electron chi connectivity index (χ3n) is 3.09. The van der Waals surface area contributed by atoms with Crippen LogP contribution in [0.5, 0.6) is 0 Å². The lowest BCUT2D eigenvalue weighted by Gasteiger charge is -2.12. The zero-order valence-corrected chi connectivity index (χ0v) is 13.1. The fourth-order valence-electron chi connectivity index (χ4n) is 2.05. The molecule has 0 amide bonds. The highest BCUT2D eigenvalue weighted by molar-refractivity contribution is 9.10. The second-order valence-electron chi connectivity index (χ2n) is 4.89. The second kappa shape index (κ2) is 6.90. The zero-order valence-electron chi connectivity index (χ0n) is 11.5. The van der Waals surface area contributed by atoms with Gasteiger partial charge in [0.2, 0.25) is 0 Å². The highest BCUT2D eigenvalue weighted by Crippen LogP contribution is 2.33. The number of nitrogens with zero attached hydrogens (tertiary/aromatic N) is 1. The Morgan fingerprint density at radius 3 is 2.95 bits per heavy atom. The number of hydrogen-bond acceptors (Lipinski definition) is 2. The van der Waals surface area contributed by atoms with Crippen molar-refractivity contribution in [1.82, 2.24) is 0 Å². The average molecular weight is 322 g/mol. The highest BCUT2D eigenvalue weighted by Gasteiger charge is 2.13. The molecule has 0 aliphatic carbocycles. The maximum Gasteiger partial charge on any atom is 0.125 e. The SMILES string of the molecule is CCCCCOC1=CC(C)C=Nc2cc(Br)ccc21. The summed E-state index contributed by atoms with van der Waals surface area (Å²) in [7, 11) is 0. The van der Waals surface area contributed by atoms with E-state index in [9.17, 15) is 0 Å². The molecule has 0 radical (unpaired) electrons. The Morgan fingerprint density at radius 2 is 2.16 bits per heavy atom. The summed E-state index contributed by atoms with van der Waals surface area (Å²) in [6.07, 6.45) is 7.65. The lowest BCUT2D eigenvalue weighted by molar-refractivity contribution is 0.267. The molecule has 1 aliphatic heterocycles. The molecular weight excluding hydrogens is 302 g/mol. The normalized spacial score (nSPS) is 17.6. The minimum atomic E-state index is 0.298. The van der Waals surface area contributed by atoms with Crippen LogP contribution in [0.1, 0.15) is 38.7 Å². The number of unbranched alkanes of at least 4 members (excludes halogenated alkanes) is 2. The molecule has 0 fully saturated rings. The van der Waals surface area contributed by atoms with Gasteiger partial charge in [-0.05, 0) is 30.7 Å². The van der Waals surface area contributed by atoms with E-state index in [1.54, 1.807) is 0 Å². The van der Waals surface area contributed by atoms with Gasteiger partial charge in [0, 0.05) is 22.2 Å². The fraction of sp³-hybridized carbons (Fsp3) is 0.438. The van der Waals surface area contributed by atoms with Crippen molar-refractivity contribution < 1.29 is 4.74 Å². The standard InChI is InChI=1S/C16H20BrNO/c1-3-4-5-8-19-16-9-12(2)11-18-15-10-13(17)6-7-14(15)16/h6-7,9-12H,3-5,8H2,1-2H3. The molecule has 1 atom stereocenters. The van der Waals surface area contributed by atoms with Crippen LogP contribution in [0.15, 0.2) is 33.7 Å². The van der Waals surface area contributed by atoms with Crippen LogP contribution in [0.2, 0.25) is 0 Å². The monoisotopic (exact) mass is 321 g/mol. The minimum Gasteiger partial charge on any atom is -0.493 e. The summed E-state index contributed by atoms with van der Waals surface area (Å²) in [6.45, 7) is 5.11. The number of halogens is 1. The van der Waals surface area contributed by atoms with Gasteiger partial charge in [-0.2, -0.15) is 0 Å². The first-order chi connectivity index (χ1) is 9.20. The van der Waals surface area contributed by atoms with Gasteiger partial charge in [0.1, 0.15) is 5.76 Å². The number of aliphatic imine (C=N–C) groups is 1. The first-order valence-electron chi connectivity index (χ1n) is 6.89. The Hall–Kier alpha value is -1.09. The molecule has 2 rings (SSSR count). The van der Waals surface area contributed by atoms with Crippen molar-refractivity contribution in [1.29, 1.82) is 0 Å².